The van der Waals surface area contributed by atoms with Gasteiger partial charge in [0.25, 0.3) is 0 Å². The van der Waals surface area contributed by atoms with Crippen molar-refractivity contribution in [3.05, 3.63) is 0 Å². The summed E-state index contributed by atoms with van der Waals surface area (Å²) in [6, 6.07) is -5.00. The van der Waals surface area contributed by atoms with Crippen molar-refractivity contribution in [2.24, 2.45) is 11.5 Å². The lowest BCUT2D eigenvalue weighted by Crippen LogP contribution is -2.57. The van der Waals surface area contributed by atoms with Gasteiger partial charge in [-0.1, -0.05) is 0 Å². The topological polar surface area (TPSA) is 231 Å². The molecule has 0 bridgehead atoms. The van der Waals surface area contributed by atoms with E-state index in [1.54, 1.807) is 6.26 Å². The molecule has 4 amide bonds. The van der Waals surface area contributed by atoms with Gasteiger partial charge in [0.1, 0.15) is 18.1 Å². The highest BCUT2D eigenvalue weighted by atomic mass is 32.2. The number of nitrogens with two attached hydrogens (primary N) is 2. The number of amides is 4. The zero-order chi connectivity index (χ0) is 25.6. The number of thioether (sulfide) groups is 1. The first-order valence-electron chi connectivity index (χ1n) is 9.92. The van der Waals surface area contributed by atoms with Crippen LogP contribution in [0.5, 0.6) is 0 Å². The molecule has 0 aromatic carbocycles. The number of carboxylic acid groups (broad SMARTS) is 2. The number of thiol groups is 1. The van der Waals surface area contributed by atoms with E-state index in [-0.39, 0.29) is 31.4 Å². The SMILES string of the molecule is CSCCC(NC(=O)C(CCC(N)=O)NC(=O)C(CCC(=O)O)NC(=O)C(N)CS)C(=O)O. The molecule has 9 N–H and O–H groups in total. The first kappa shape index (κ1) is 30.5. The zero-order valence-electron chi connectivity index (χ0n) is 18.1. The lowest BCUT2D eigenvalue weighted by molar-refractivity contribution is -0.142. The molecule has 0 radical (unpaired) electrons. The second-order valence-corrected chi connectivity index (χ2v) is 8.38. The van der Waals surface area contributed by atoms with Gasteiger partial charge < -0.3 is 37.6 Å². The summed E-state index contributed by atoms with van der Waals surface area (Å²) in [5.41, 5.74) is 10.7. The number of hydrogen-bond donors (Lipinski definition) is 8. The summed E-state index contributed by atoms with van der Waals surface area (Å²) in [5.74, 6) is -5.36. The average molecular weight is 510 g/mol. The van der Waals surface area contributed by atoms with Crippen LogP contribution >= 0.6 is 24.4 Å². The molecule has 15 heteroatoms. The number of primary amides is 1. The predicted molar refractivity (Wildman–Crippen MR) is 124 cm³/mol. The van der Waals surface area contributed by atoms with Crippen molar-refractivity contribution in [2.75, 3.05) is 17.8 Å². The van der Waals surface area contributed by atoms with E-state index in [9.17, 15) is 33.9 Å². The van der Waals surface area contributed by atoms with Gasteiger partial charge in [0, 0.05) is 18.6 Å². The molecule has 0 aromatic rings. The molecule has 0 spiro atoms. The van der Waals surface area contributed by atoms with Crippen LogP contribution in [0.1, 0.15) is 32.1 Å². The Morgan fingerprint density at radius 3 is 1.76 bits per heavy atom. The lowest BCUT2D eigenvalue weighted by Gasteiger charge is -2.24. The van der Waals surface area contributed by atoms with Crippen molar-refractivity contribution in [3.8, 4) is 0 Å². The molecule has 0 heterocycles. The third-order valence-corrected chi connectivity index (χ3v) is 5.39. The highest BCUT2D eigenvalue weighted by Gasteiger charge is 2.30. The van der Waals surface area contributed by atoms with Gasteiger partial charge in [-0.15, -0.1) is 0 Å². The Kier molecular flexibility index (Phi) is 14.9. The Morgan fingerprint density at radius 1 is 0.848 bits per heavy atom. The van der Waals surface area contributed by atoms with Gasteiger partial charge in [0.05, 0.1) is 6.04 Å². The minimum Gasteiger partial charge on any atom is -0.481 e. The maximum absolute atomic E-state index is 12.8. The Labute approximate surface area is 200 Å². The number of nitrogens with one attached hydrogen (secondary N) is 3. The zero-order valence-corrected chi connectivity index (χ0v) is 19.8. The van der Waals surface area contributed by atoms with Gasteiger partial charge in [0.15, 0.2) is 0 Å². The maximum atomic E-state index is 12.8. The van der Waals surface area contributed by atoms with E-state index in [0.29, 0.717) is 5.75 Å². The molecule has 4 unspecified atom stereocenters. The summed E-state index contributed by atoms with van der Waals surface area (Å²) >= 11 is 5.27. The maximum Gasteiger partial charge on any atom is 0.326 e. The van der Waals surface area contributed by atoms with Crippen LogP contribution < -0.4 is 27.4 Å². The molecule has 4 atom stereocenters. The van der Waals surface area contributed by atoms with Crippen molar-refractivity contribution in [3.63, 3.8) is 0 Å². The number of carboxylic acids is 2. The Bertz CT molecular complexity index is 724. The lowest BCUT2D eigenvalue weighted by atomic mass is 10.1. The van der Waals surface area contributed by atoms with Crippen molar-refractivity contribution in [1.82, 2.24) is 16.0 Å². The van der Waals surface area contributed by atoms with Gasteiger partial charge >= 0.3 is 11.9 Å². The van der Waals surface area contributed by atoms with E-state index in [1.807, 2.05) is 0 Å². The first-order valence-corrected chi connectivity index (χ1v) is 11.9. The molecule has 0 aliphatic rings. The van der Waals surface area contributed by atoms with E-state index in [2.05, 4.69) is 28.6 Å². The highest BCUT2D eigenvalue weighted by Crippen LogP contribution is 2.06. The van der Waals surface area contributed by atoms with E-state index < -0.39 is 66.2 Å². The predicted octanol–water partition coefficient (Wildman–Crippen LogP) is -2.33. The molecule has 0 aliphatic carbocycles. The van der Waals surface area contributed by atoms with Crippen LogP contribution in [0.25, 0.3) is 0 Å². The Balaban J connectivity index is 5.54. The summed E-state index contributed by atoms with van der Waals surface area (Å²) in [7, 11) is 0. The number of aliphatic carboxylic acids is 2. The molecular weight excluding hydrogens is 478 g/mol. The number of rotatable bonds is 17. The van der Waals surface area contributed by atoms with Gasteiger partial charge in [0.2, 0.25) is 23.6 Å². The average Bonchev–Trinajstić information content (AvgIpc) is 2.74. The van der Waals surface area contributed by atoms with Gasteiger partial charge in [-0.25, -0.2) is 4.79 Å². The molecular formula is C18H31N5O8S2. The largest absolute Gasteiger partial charge is 0.481 e. The van der Waals surface area contributed by atoms with Gasteiger partial charge in [-0.05, 0) is 31.3 Å². The molecule has 0 fully saturated rings. The second kappa shape index (κ2) is 16.1. The standard InChI is InChI=1S/C18H31N5O8S2/c1-33-7-6-12(18(30)31)23-17(29)10(2-4-13(20)24)22-16(28)11(3-5-14(25)26)21-15(27)9(19)8-32/h9-12,32H,2-8,19H2,1H3,(H2,20,24)(H,21,27)(H,22,28)(H,23,29)(H,25,26)(H,30,31). The van der Waals surface area contributed by atoms with Crippen LogP contribution in [0.2, 0.25) is 0 Å². The van der Waals surface area contributed by atoms with Gasteiger partial charge in [-0.2, -0.15) is 24.4 Å². The van der Waals surface area contributed by atoms with Crippen LogP contribution in [0, 0.1) is 0 Å². The fourth-order valence-corrected chi connectivity index (χ4v) is 3.13. The monoisotopic (exact) mass is 509 g/mol. The van der Waals surface area contributed by atoms with E-state index >= 15 is 0 Å². The molecule has 0 saturated heterocycles. The van der Waals surface area contributed by atoms with Crippen LogP contribution in [0.3, 0.4) is 0 Å². The summed E-state index contributed by atoms with van der Waals surface area (Å²) < 4.78 is 0. The minimum atomic E-state index is -1.36. The smallest absolute Gasteiger partial charge is 0.326 e. The van der Waals surface area contributed by atoms with Crippen molar-refractivity contribution >= 4 is 60.0 Å². The van der Waals surface area contributed by atoms with Crippen LogP contribution in [-0.4, -0.2) is 87.7 Å². The van der Waals surface area contributed by atoms with Crippen LogP contribution in [0.15, 0.2) is 0 Å². The summed E-state index contributed by atoms with van der Waals surface area (Å²) in [5, 5.41) is 25.2. The highest BCUT2D eigenvalue weighted by molar-refractivity contribution is 7.98. The Hall–Kier alpha value is -2.52. The molecule has 0 aromatic heterocycles. The number of carbonyl (C=O) groups is 6. The normalized spacial score (nSPS) is 14.3. The summed E-state index contributed by atoms with van der Waals surface area (Å²) in [4.78, 5) is 71.0. The summed E-state index contributed by atoms with van der Waals surface area (Å²) in [6.07, 6.45) is 0.582. The second-order valence-electron chi connectivity index (χ2n) is 7.03. The van der Waals surface area contributed by atoms with E-state index in [4.69, 9.17) is 16.6 Å². The third kappa shape index (κ3) is 12.9. The van der Waals surface area contributed by atoms with Gasteiger partial charge in [-0.3, -0.25) is 24.0 Å². The molecule has 0 saturated carbocycles. The number of carbonyl (C=O) groups excluding carboxylic acids is 4. The number of hydrogen-bond acceptors (Lipinski definition) is 9. The molecule has 0 rings (SSSR count). The van der Waals surface area contributed by atoms with Crippen molar-refractivity contribution < 1.29 is 39.0 Å². The molecule has 13 nitrogen and oxygen atoms in total. The molecule has 33 heavy (non-hydrogen) atoms. The van der Waals surface area contributed by atoms with E-state index in [1.165, 1.54) is 11.8 Å². The van der Waals surface area contributed by atoms with Crippen LogP contribution in [-0.2, 0) is 28.8 Å². The van der Waals surface area contributed by atoms with E-state index in [0.717, 1.165) is 0 Å². The Morgan fingerprint density at radius 2 is 1.33 bits per heavy atom. The molecule has 0 aliphatic heterocycles. The van der Waals surface area contributed by atoms with Crippen LogP contribution in [0.4, 0.5) is 0 Å². The van der Waals surface area contributed by atoms with Crippen molar-refractivity contribution in [1.29, 1.82) is 0 Å². The fourth-order valence-electron chi connectivity index (χ4n) is 2.49. The fraction of sp³-hybridized carbons (Fsp3) is 0.667. The third-order valence-electron chi connectivity index (χ3n) is 4.35. The summed E-state index contributed by atoms with van der Waals surface area (Å²) in [6.45, 7) is 0. The minimum absolute atomic E-state index is 0.0324. The molecule has 188 valence electrons. The first-order chi connectivity index (χ1) is 15.4. The quantitative estimate of drug-likeness (QED) is 0.0974. The van der Waals surface area contributed by atoms with Crippen molar-refractivity contribution in [2.45, 2.75) is 56.3 Å².